The first-order valence-corrected chi connectivity index (χ1v) is 3.93. The zero-order valence-electron chi connectivity index (χ0n) is 7.07. The lowest BCUT2D eigenvalue weighted by atomic mass is 10.2. The normalized spacial score (nSPS) is 10.1. The van der Waals surface area contributed by atoms with Crippen molar-refractivity contribution in [2.75, 3.05) is 0 Å². The lowest BCUT2D eigenvalue weighted by Crippen LogP contribution is -2.11. The molecule has 1 heterocycles. The first-order valence-electron chi connectivity index (χ1n) is 3.93. The van der Waals surface area contributed by atoms with Crippen LogP contribution in [-0.2, 0) is 0 Å². The van der Waals surface area contributed by atoms with E-state index >= 15 is 0 Å². The molecule has 1 aromatic heterocycles. The number of nitrogens with one attached hydrogen (secondary N) is 1. The summed E-state index contributed by atoms with van der Waals surface area (Å²) in [6.45, 7) is 0. The van der Waals surface area contributed by atoms with Gasteiger partial charge in [0.1, 0.15) is 18.0 Å². The van der Waals surface area contributed by atoms with E-state index in [-0.39, 0.29) is 5.82 Å². The highest BCUT2D eigenvalue weighted by Crippen LogP contribution is 2.13. The average Bonchev–Trinajstić information content (AvgIpc) is 2.18. The van der Waals surface area contributed by atoms with E-state index in [1.807, 2.05) is 0 Å². The number of rotatable bonds is 1. The maximum atomic E-state index is 12.8. The SMILES string of the molecule is O=c1ncnc(-c2cccc(F)c2)[nH]1. The minimum Gasteiger partial charge on any atom is -0.290 e. The summed E-state index contributed by atoms with van der Waals surface area (Å²) in [7, 11) is 0. The minimum absolute atomic E-state index is 0.310. The zero-order valence-corrected chi connectivity index (χ0v) is 7.07. The van der Waals surface area contributed by atoms with Gasteiger partial charge in [0.15, 0.2) is 0 Å². The van der Waals surface area contributed by atoms with Crippen molar-refractivity contribution in [2.45, 2.75) is 0 Å². The van der Waals surface area contributed by atoms with Crippen LogP contribution < -0.4 is 5.69 Å². The van der Waals surface area contributed by atoms with Crippen LogP contribution in [0.15, 0.2) is 35.4 Å². The molecule has 0 aliphatic rings. The molecule has 70 valence electrons. The van der Waals surface area contributed by atoms with Gasteiger partial charge in [0.05, 0.1) is 0 Å². The molecule has 0 spiro atoms. The largest absolute Gasteiger partial charge is 0.348 e. The van der Waals surface area contributed by atoms with Crippen molar-refractivity contribution in [2.24, 2.45) is 0 Å². The van der Waals surface area contributed by atoms with E-state index < -0.39 is 5.69 Å². The van der Waals surface area contributed by atoms with Crippen molar-refractivity contribution >= 4 is 0 Å². The number of nitrogens with zero attached hydrogens (tertiary/aromatic N) is 2. The standard InChI is InChI=1S/C9H6FN3O/c10-7-3-1-2-6(4-7)8-11-5-12-9(14)13-8/h1-5H,(H,11,12,13,14). The molecular weight excluding hydrogens is 185 g/mol. The van der Waals surface area contributed by atoms with Gasteiger partial charge >= 0.3 is 5.69 Å². The predicted octanol–water partition coefficient (Wildman–Crippen LogP) is 0.971. The van der Waals surface area contributed by atoms with Gasteiger partial charge in [-0.3, -0.25) is 4.98 Å². The molecule has 4 nitrogen and oxygen atoms in total. The number of aromatic nitrogens is 3. The molecule has 0 bridgehead atoms. The molecule has 0 aliphatic heterocycles. The third kappa shape index (κ3) is 1.66. The van der Waals surface area contributed by atoms with Crippen molar-refractivity contribution in [1.29, 1.82) is 0 Å². The Bertz CT molecular complexity index is 509. The summed E-state index contributed by atoms with van der Waals surface area (Å²) in [4.78, 5) is 20.4. The van der Waals surface area contributed by atoms with E-state index in [0.29, 0.717) is 11.4 Å². The summed E-state index contributed by atoms with van der Waals surface area (Å²) in [5.41, 5.74) is 0.0174. The topological polar surface area (TPSA) is 58.6 Å². The highest BCUT2D eigenvalue weighted by molar-refractivity contribution is 5.53. The molecule has 0 atom stereocenters. The second-order valence-electron chi connectivity index (χ2n) is 2.66. The Morgan fingerprint density at radius 1 is 1.29 bits per heavy atom. The number of H-pyrrole nitrogens is 1. The fraction of sp³-hybridized carbons (Fsp3) is 0. The fourth-order valence-corrected chi connectivity index (χ4v) is 1.09. The Kier molecular flexibility index (Phi) is 2.06. The predicted molar refractivity (Wildman–Crippen MR) is 48.0 cm³/mol. The number of halogens is 1. The van der Waals surface area contributed by atoms with E-state index in [1.165, 1.54) is 12.1 Å². The first-order chi connectivity index (χ1) is 6.75. The van der Waals surface area contributed by atoms with Gasteiger partial charge in [0.2, 0.25) is 0 Å². The van der Waals surface area contributed by atoms with Crippen LogP contribution in [0.4, 0.5) is 4.39 Å². The van der Waals surface area contributed by atoms with Gasteiger partial charge in [-0.15, -0.1) is 0 Å². The molecule has 0 fully saturated rings. The van der Waals surface area contributed by atoms with E-state index in [1.54, 1.807) is 12.1 Å². The van der Waals surface area contributed by atoms with Crippen molar-refractivity contribution in [1.82, 2.24) is 15.0 Å². The molecule has 0 aliphatic carbocycles. The van der Waals surface area contributed by atoms with Crippen molar-refractivity contribution in [3.8, 4) is 11.4 Å². The van der Waals surface area contributed by atoms with E-state index in [4.69, 9.17) is 0 Å². The van der Waals surface area contributed by atoms with Gasteiger partial charge < -0.3 is 0 Å². The highest BCUT2D eigenvalue weighted by Gasteiger charge is 2.00. The van der Waals surface area contributed by atoms with Crippen molar-refractivity contribution < 1.29 is 4.39 Å². The molecule has 2 rings (SSSR count). The molecule has 0 saturated heterocycles. The van der Waals surface area contributed by atoms with Crippen LogP contribution in [0.2, 0.25) is 0 Å². The van der Waals surface area contributed by atoms with Crippen LogP contribution in [0.25, 0.3) is 11.4 Å². The van der Waals surface area contributed by atoms with E-state index in [0.717, 1.165) is 6.33 Å². The number of aromatic amines is 1. The average molecular weight is 191 g/mol. The van der Waals surface area contributed by atoms with Crippen molar-refractivity contribution in [3.63, 3.8) is 0 Å². The summed E-state index contributed by atoms with van der Waals surface area (Å²) < 4.78 is 12.8. The molecule has 2 aromatic rings. The zero-order chi connectivity index (χ0) is 9.97. The number of benzene rings is 1. The van der Waals surface area contributed by atoms with Crippen LogP contribution in [0.5, 0.6) is 0 Å². The van der Waals surface area contributed by atoms with Crippen molar-refractivity contribution in [3.05, 3.63) is 46.9 Å². The summed E-state index contributed by atoms with van der Waals surface area (Å²) in [5, 5.41) is 0. The van der Waals surface area contributed by atoms with Gasteiger partial charge in [-0.05, 0) is 12.1 Å². The highest BCUT2D eigenvalue weighted by atomic mass is 19.1. The Morgan fingerprint density at radius 2 is 2.14 bits per heavy atom. The monoisotopic (exact) mass is 191 g/mol. The van der Waals surface area contributed by atoms with Crippen LogP contribution in [0.1, 0.15) is 0 Å². The molecular formula is C9H6FN3O. The molecule has 5 heteroatoms. The summed E-state index contributed by atoms with van der Waals surface area (Å²) in [6.07, 6.45) is 1.14. The Morgan fingerprint density at radius 3 is 2.86 bits per heavy atom. The van der Waals surface area contributed by atoms with Crippen LogP contribution in [-0.4, -0.2) is 15.0 Å². The lowest BCUT2D eigenvalue weighted by Gasteiger charge is -1.98. The Labute approximate surface area is 78.5 Å². The smallest absolute Gasteiger partial charge is 0.290 e. The Hall–Kier alpha value is -2.04. The molecule has 14 heavy (non-hydrogen) atoms. The fourth-order valence-electron chi connectivity index (χ4n) is 1.09. The van der Waals surface area contributed by atoms with Crippen LogP contribution in [0.3, 0.4) is 0 Å². The number of hydrogen-bond donors (Lipinski definition) is 1. The molecule has 1 N–H and O–H groups in total. The maximum absolute atomic E-state index is 12.8. The second-order valence-corrected chi connectivity index (χ2v) is 2.66. The van der Waals surface area contributed by atoms with Gasteiger partial charge in [-0.1, -0.05) is 12.1 Å². The van der Waals surface area contributed by atoms with Gasteiger partial charge in [0, 0.05) is 5.56 Å². The first kappa shape index (κ1) is 8.55. The van der Waals surface area contributed by atoms with Gasteiger partial charge in [0.25, 0.3) is 0 Å². The van der Waals surface area contributed by atoms with Crippen LogP contribution in [0, 0.1) is 5.82 Å². The quantitative estimate of drug-likeness (QED) is 0.730. The third-order valence-electron chi connectivity index (χ3n) is 1.69. The second kappa shape index (κ2) is 3.37. The Balaban J connectivity index is 2.55. The molecule has 0 saturated carbocycles. The summed E-state index contributed by atoms with van der Waals surface area (Å²) in [6, 6.07) is 5.81. The van der Waals surface area contributed by atoms with E-state index in [2.05, 4.69) is 15.0 Å². The minimum atomic E-state index is -0.501. The lowest BCUT2D eigenvalue weighted by molar-refractivity contribution is 0.628. The summed E-state index contributed by atoms with van der Waals surface area (Å²) in [5.74, 6) is -0.0635. The van der Waals surface area contributed by atoms with Gasteiger partial charge in [-0.2, -0.15) is 4.98 Å². The molecule has 1 aromatic carbocycles. The van der Waals surface area contributed by atoms with Crippen LogP contribution >= 0.6 is 0 Å². The molecule has 0 radical (unpaired) electrons. The molecule has 0 unspecified atom stereocenters. The van der Waals surface area contributed by atoms with Gasteiger partial charge in [-0.25, -0.2) is 14.2 Å². The summed E-state index contributed by atoms with van der Waals surface area (Å²) >= 11 is 0. The maximum Gasteiger partial charge on any atom is 0.348 e. The molecule has 0 amide bonds. The number of hydrogen-bond acceptors (Lipinski definition) is 3. The third-order valence-corrected chi connectivity index (χ3v) is 1.69. The van der Waals surface area contributed by atoms with E-state index in [9.17, 15) is 9.18 Å².